The van der Waals surface area contributed by atoms with Gasteiger partial charge in [-0.15, -0.1) is 0 Å². The van der Waals surface area contributed by atoms with Crippen LogP contribution in [0.4, 0.5) is 4.39 Å². The highest BCUT2D eigenvalue weighted by Gasteiger charge is 2.19. The third-order valence-corrected chi connectivity index (χ3v) is 5.79. The van der Waals surface area contributed by atoms with Gasteiger partial charge in [-0.25, -0.2) is 9.37 Å². The SMILES string of the molecule is C\C=C(/C=C\C(=C\CC)C(=O)NC)C1=CCN(Cc2ccc3nc(C(C)C)c(=O)[nH]c3c2F)OC1. The van der Waals surface area contributed by atoms with Gasteiger partial charge in [0.25, 0.3) is 11.5 Å². The van der Waals surface area contributed by atoms with Crippen molar-refractivity contribution in [2.24, 2.45) is 0 Å². The van der Waals surface area contributed by atoms with E-state index in [2.05, 4.69) is 15.3 Å². The molecule has 0 aliphatic carbocycles. The van der Waals surface area contributed by atoms with Crippen LogP contribution in [-0.2, 0) is 16.2 Å². The second kappa shape index (κ2) is 11.9. The van der Waals surface area contributed by atoms with Gasteiger partial charge in [0, 0.05) is 30.6 Å². The van der Waals surface area contributed by atoms with Gasteiger partial charge in [0.2, 0.25) is 0 Å². The Morgan fingerprint density at radius 2 is 2.11 bits per heavy atom. The molecule has 8 heteroatoms. The minimum atomic E-state index is -0.498. The number of amides is 1. The van der Waals surface area contributed by atoms with Crippen molar-refractivity contribution in [1.29, 1.82) is 0 Å². The summed E-state index contributed by atoms with van der Waals surface area (Å²) in [6.07, 6.45) is 10.3. The lowest BCUT2D eigenvalue weighted by atomic mass is 10.0. The number of likely N-dealkylation sites (N-methyl/N-ethyl adjacent to an activating group) is 1. The fourth-order valence-corrected chi connectivity index (χ4v) is 3.85. The topological polar surface area (TPSA) is 87.3 Å². The normalized spacial score (nSPS) is 15.8. The van der Waals surface area contributed by atoms with Crippen LogP contribution in [0.25, 0.3) is 11.0 Å². The van der Waals surface area contributed by atoms with Crippen molar-refractivity contribution >= 4 is 16.9 Å². The average Bonchev–Trinajstić information content (AvgIpc) is 2.85. The standard InChI is InChI=1S/C27H33FN4O3/c1-6-8-19(26(33)29-5)10-9-18(7-2)21-13-14-32(35-16-21)15-20-11-12-22-25(23(20)28)31-27(34)24(30-22)17(3)4/h7-13,17H,6,14-16H2,1-5H3,(H,29,33)(H,31,34)/b10-9-,18-7+,19-8-. The van der Waals surface area contributed by atoms with Crippen molar-refractivity contribution in [2.45, 2.75) is 46.6 Å². The van der Waals surface area contributed by atoms with Gasteiger partial charge in [-0.3, -0.25) is 14.4 Å². The van der Waals surface area contributed by atoms with Gasteiger partial charge < -0.3 is 10.3 Å². The first-order valence-corrected chi connectivity index (χ1v) is 11.8. The molecule has 1 amide bonds. The number of aromatic nitrogens is 2. The Labute approximate surface area is 205 Å². The Balaban J connectivity index is 1.74. The van der Waals surface area contributed by atoms with Gasteiger partial charge in [-0.1, -0.05) is 51.1 Å². The number of nitrogens with zero attached hydrogens (tertiary/aromatic N) is 2. The van der Waals surface area contributed by atoms with E-state index in [-0.39, 0.29) is 29.4 Å². The first-order valence-electron chi connectivity index (χ1n) is 11.8. The maximum Gasteiger partial charge on any atom is 0.270 e. The van der Waals surface area contributed by atoms with Crippen LogP contribution in [0.15, 0.2) is 64.0 Å². The number of halogens is 1. The number of allylic oxidation sites excluding steroid dienone is 3. The summed E-state index contributed by atoms with van der Waals surface area (Å²) in [6, 6.07) is 3.40. The lowest BCUT2D eigenvalue weighted by molar-refractivity contribution is -0.156. The van der Waals surface area contributed by atoms with E-state index in [9.17, 15) is 9.59 Å². The zero-order valence-corrected chi connectivity index (χ0v) is 20.9. The monoisotopic (exact) mass is 480 g/mol. The van der Waals surface area contributed by atoms with E-state index >= 15 is 4.39 Å². The van der Waals surface area contributed by atoms with E-state index < -0.39 is 5.82 Å². The number of rotatable bonds is 8. The maximum atomic E-state index is 15.2. The van der Waals surface area contributed by atoms with Gasteiger partial charge in [0.15, 0.2) is 5.82 Å². The third-order valence-electron chi connectivity index (χ3n) is 5.79. The minimum absolute atomic E-state index is 0.0522. The van der Waals surface area contributed by atoms with E-state index in [0.29, 0.717) is 35.5 Å². The van der Waals surface area contributed by atoms with Crippen LogP contribution in [0.2, 0.25) is 0 Å². The summed E-state index contributed by atoms with van der Waals surface area (Å²) in [5, 5.41) is 4.32. The number of hydroxylamine groups is 2. The number of aromatic amines is 1. The van der Waals surface area contributed by atoms with Crippen LogP contribution in [0.3, 0.4) is 0 Å². The fraction of sp³-hybridized carbons (Fsp3) is 0.370. The predicted molar refractivity (Wildman–Crippen MR) is 136 cm³/mol. The van der Waals surface area contributed by atoms with Crippen LogP contribution in [0.1, 0.15) is 51.3 Å². The molecule has 1 aromatic carbocycles. The third kappa shape index (κ3) is 6.21. The van der Waals surface area contributed by atoms with E-state index in [1.54, 1.807) is 30.3 Å². The molecule has 1 aliphatic heterocycles. The molecule has 35 heavy (non-hydrogen) atoms. The van der Waals surface area contributed by atoms with Crippen molar-refractivity contribution < 1.29 is 14.0 Å². The summed E-state index contributed by atoms with van der Waals surface area (Å²) < 4.78 is 15.2. The molecule has 186 valence electrons. The maximum absolute atomic E-state index is 15.2. The average molecular weight is 481 g/mol. The number of nitrogens with one attached hydrogen (secondary N) is 2. The predicted octanol–water partition coefficient (Wildman–Crippen LogP) is 4.44. The fourth-order valence-electron chi connectivity index (χ4n) is 3.85. The van der Waals surface area contributed by atoms with Gasteiger partial charge in [0.05, 0.1) is 18.7 Å². The smallest absolute Gasteiger partial charge is 0.270 e. The quantitative estimate of drug-likeness (QED) is 0.431. The highest BCUT2D eigenvalue weighted by Crippen LogP contribution is 2.23. The molecule has 2 aromatic rings. The molecule has 0 unspecified atom stereocenters. The molecule has 0 spiro atoms. The first kappa shape index (κ1) is 26.2. The molecule has 2 N–H and O–H groups in total. The summed E-state index contributed by atoms with van der Waals surface area (Å²) in [5.41, 5.74) is 3.52. The van der Waals surface area contributed by atoms with Crippen LogP contribution < -0.4 is 10.9 Å². The van der Waals surface area contributed by atoms with Gasteiger partial charge in [0.1, 0.15) is 11.2 Å². The number of hydrogen-bond donors (Lipinski definition) is 2. The summed E-state index contributed by atoms with van der Waals surface area (Å²) in [5.74, 6) is -0.682. The van der Waals surface area contributed by atoms with Crippen LogP contribution in [0, 0.1) is 5.82 Å². The first-order chi connectivity index (χ1) is 16.8. The number of fused-ring (bicyclic) bond motifs is 1. The second-order valence-electron chi connectivity index (χ2n) is 8.59. The summed E-state index contributed by atoms with van der Waals surface area (Å²) >= 11 is 0. The molecule has 0 saturated carbocycles. The van der Waals surface area contributed by atoms with Gasteiger partial charge in [-0.2, -0.15) is 5.06 Å². The van der Waals surface area contributed by atoms with Crippen molar-refractivity contribution in [3.63, 3.8) is 0 Å². The molecule has 3 rings (SSSR count). The Bertz CT molecular complexity index is 1270. The molecule has 1 aromatic heterocycles. The number of H-pyrrole nitrogens is 1. The molecule has 0 saturated heterocycles. The molecular weight excluding hydrogens is 447 g/mol. The van der Waals surface area contributed by atoms with Gasteiger partial charge >= 0.3 is 0 Å². The Hall–Kier alpha value is -3.36. The summed E-state index contributed by atoms with van der Waals surface area (Å²) in [6.45, 7) is 8.67. The molecular formula is C27H33FN4O3. The molecule has 1 aliphatic rings. The van der Waals surface area contributed by atoms with E-state index in [1.807, 2.05) is 52.0 Å². The summed E-state index contributed by atoms with van der Waals surface area (Å²) in [4.78, 5) is 37.2. The largest absolute Gasteiger partial charge is 0.355 e. The van der Waals surface area contributed by atoms with Crippen molar-refractivity contribution in [3.05, 3.63) is 86.7 Å². The Kier molecular flexibility index (Phi) is 8.89. The van der Waals surface area contributed by atoms with Crippen molar-refractivity contribution in [1.82, 2.24) is 20.3 Å². The minimum Gasteiger partial charge on any atom is -0.355 e. The molecule has 0 atom stereocenters. The Morgan fingerprint density at radius 3 is 2.71 bits per heavy atom. The second-order valence-corrected chi connectivity index (χ2v) is 8.59. The summed E-state index contributed by atoms with van der Waals surface area (Å²) in [7, 11) is 1.61. The number of benzene rings is 1. The molecule has 2 heterocycles. The Morgan fingerprint density at radius 1 is 1.34 bits per heavy atom. The van der Waals surface area contributed by atoms with E-state index in [1.165, 1.54) is 0 Å². The van der Waals surface area contributed by atoms with Crippen LogP contribution in [-0.4, -0.2) is 41.1 Å². The van der Waals surface area contributed by atoms with Crippen molar-refractivity contribution in [3.8, 4) is 0 Å². The zero-order chi connectivity index (χ0) is 25.5. The van der Waals surface area contributed by atoms with Crippen LogP contribution >= 0.6 is 0 Å². The highest BCUT2D eigenvalue weighted by molar-refractivity contribution is 5.96. The molecule has 0 bridgehead atoms. The van der Waals surface area contributed by atoms with E-state index in [0.717, 1.165) is 17.6 Å². The highest BCUT2D eigenvalue weighted by atomic mass is 19.1. The molecule has 0 radical (unpaired) electrons. The zero-order valence-electron chi connectivity index (χ0n) is 20.9. The number of hydrogen-bond acceptors (Lipinski definition) is 5. The van der Waals surface area contributed by atoms with E-state index in [4.69, 9.17) is 4.84 Å². The lowest BCUT2D eigenvalue weighted by Gasteiger charge is -2.26. The number of carbonyl (C=O) groups is 1. The number of carbonyl (C=O) groups excluding carboxylic acids is 1. The van der Waals surface area contributed by atoms with Gasteiger partial charge in [-0.05, 0) is 36.6 Å². The molecule has 7 nitrogen and oxygen atoms in total. The molecule has 0 fully saturated rings. The van der Waals surface area contributed by atoms with Crippen molar-refractivity contribution in [2.75, 3.05) is 20.2 Å². The lowest BCUT2D eigenvalue weighted by Crippen LogP contribution is -2.29. The van der Waals surface area contributed by atoms with Crippen LogP contribution in [0.5, 0.6) is 0 Å².